The molecule has 0 bridgehead atoms. The Morgan fingerprint density at radius 2 is 2.17 bits per heavy atom. The molecular weight excluding hydrogens is 296 g/mol. The van der Waals surface area contributed by atoms with E-state index >= 15 is 0 Å². The predicted molar refractivity (Wildman–Crippen MR) is 86.0 cm³/mol. The second-order valence-corrected chi connectivity index (χ2v) is 6.23. The van der Waals surface area contributed by atoms with Crippen LogP contribution in [0.4, 0.5) is 0 Å². The molecule has 2 aliphatic heterocycles. The zero-order valence-corrected chi connectivity index (χ0v) is 13.4. The highest BCUT2D eigenvalue weighted by Crippen LogP contribution is 2.35. The molecule has 3 N–H and O–H groups in total. The molecule has 2 heterocycles. The van der Waals surface area contributed by atoms with E-state index in [0.717, 1.165) is 37.2 Å². The summed E-state index contributed by atoms with van der Waals surface area (Å²) < 4.78 is 11.5. The van der Waals surface area contributed by atoms with Crippen molar-refractivity contribution in [1.82, 2.24) is 10.6 Å². The standard InChI is InChI=1S/C17H24N2O4/c1-22-15-5-4-11(14-7-12(9-19-14)17(20)21)8-16(15)23-13-3-2-6-18-10-13/h4-5,8,12-14,18-19H,2-3,6-7,9-10H2,1H3,(H,20,21). The van der Waals surface area contributed by atoms with Gasteiger partial charge in [0.2, 0.25) is 0 Å². The van der Waals surface area contributed by atoms with Crippen LogP contribution in [0.15, 0.2) is 18.2 Å². The number of hydrogen-bond donors (Lipinski definition) is 3. The summed E-state index contributed by atoms with van der Waals surface area (Å²) in [5.41, 5.74) is 1.05. The fourth-order valence-corrected chi connectivity index (χ4v) is 3.28. The van der Waals surface area contributed by atoms with E-state index in [1.165, 1.54) is 0 Å². The van der Waals surface area contributed by atoms with Crippen molar-refractivity contribution in [1.29, 1.82) is 0 Å². The van der Waals surface area contributed by atoms with Crippen LogP contribution < -0.4 is 20.1 Å². The molecule has 0 aromatic heterocycles. The molecule has 2 saturated heterocycles. The number of carboxylic acids is 1. The summed E-state index contributed by atoms with van der Waals surface area (Å²) in [6.45, 7) is 2.39. The third-order valence-electron chi connectivity index (χ3n) is 4.62. The minimum atomic E-state index is -0.738. The summed E-state index contributed by atoms with van der Waals surface area (Å²) in [6, 6.07) is 5.91. The summed E-state index contributed by atoms with van der Waals surface area (Å²) in [7, 11) is 1.63. The van der Waals surface area contributed by atoms with Gasteiger partial charge in [0.05, 0.1) is 13.0 Å². The Labute approximate surface area is 136 Å². The normalized spacial score (nSPS) is 27.6. The number of piperidine rings is 1. The van der Waals surface area contributed by atoms with Gasteiger partial charge in [-0.1, -0.05) is 6.07 Å². The van der Waals surface area contributed by atoms with Crippen LogP contribution in [0.3, 0.4) is 0 Å². The zero-order valence-electron chi connectivity index (χ0n) is 13.4. The SMILES string of the molecule is COc1ccc(C2CC(C(=O)O)CN2)cc1OC1CCCNC1. The maximum Gasteiger partial charge on any atom is 0.307 e. The molecule has 1 aromatic carbocycles. The molecule has 3 rings (SSSR count). The van der Waals surface area contributed by atoms with E-state index < -0.39 is 5.97 Å². The van der Waals surface area contributed by atoms with Crippen molar-refractivity contribution in [2.75, 3.05) is 26.7 Å². The Bertz CT molecular complexity index is 558. The largest absolute Gasteiger partial charge is 0.493 e. The van der Waals surface area contributed by atoms with Crippen molar-refractivity contribution in [3.8, 4) is 11.5 Å². The topological polar surface area (TPSA) is 79.8 Å². The molecule has 0 saturated carbocycles. The van der Waals surface area contributed by atoms with Gasteiger partial charge in [-0.15, -0.1) is 0 Å². The van der Waals surface area contributed by atoms with Crippen LogP contribution in [-0.4, -0.2) is 43.9 Å². The first-order chi connectivity index (χ1) is 11.2. The lowest BCUT2D eigenvalue weighted by molar-refractivity contribution is -0.141. The van der Waals surface area contributed by atoms with Crippen molar-refractivity contribution >= 4 is 5.97 Å². The third kappa shape index (κ3) is 3.76. The van der Waals surface area contributed by atoms with Gasteiger partial charge in [-0.2, -0.15) is 0 Å². The quantitative estimate of drug-likeness (QED) is 0.764. The molecule has 126 valence electrons. The van der Waals surface area contributed by atoms with Crippen LogP contribution in [0.1, 0.15) is 30.9 Å². The number of hydrogen-bond acceptors (Lipinski definition) is 5. The van der Waals surface area contributed by atoms with Crippen molar-refractivity contribution in [2.45, 2.75) is 31.4 Å². The van der Waals surface area contributed by atoms with Crippen molar-refractivity contribution < 1.29 is 19.4 Å². The van der Waals surface area contributed by atoms with E-state index in [4.69, 9.17) is 14.6 Å². The maximum absolute atomic E-state index is 11.1. The molecule has 2 fully saturated rings. The molecule has 2 aliphatic rings. The van der Waals surface area contributed by atoms with Gasteiger partial charge in [-0.3, -0.25) is 4.79 Å². The zero-order chi connectivity index (χ0) is 16.2. The van der Waals surface area contributed by atoms with E-state index in [2.05, 4.69) is 10.6 Å². The highest BCUT2D eigenvalue weighted by Gasteiger charge is 2.30. The van der Waals surface area contributed by atoms with Gasteiger partial charge < -0.3 is 25.2 Å². The molecule has 6 heteroatoms. The number of carbonyl (C=O) groups is 1. The van der Waals surface area contributed by atoms with E-state index in [9.17, 15) is 4.79 Å². The number of rotatable bonds is 5. The molecule has 0 aliphatic carbocycles. The monoisotopic (exact) mass is 320 g/mol. The molecule has 0 radical (unpaired) electrons. The summed E-state index contributed by atoms with van der Waals surface area (Å²) in [6.07, 6.45) is 2.89. The molecular formula is C17H24N2O4. The van der Waals surface area contributed by atoms with Crippen molar-refractivity contribution in [3.63, 3.8) is 0 Å². The van der Waals surface area contributed by atoms with Gasteiger partial charge in [0.15, 0.2) is 11.5 Å². The first-order valence-electron chi connectivity index (χ1n) is 8.19. The van der Waals surface area contributed by atoms with Gasteiger partial charge >= 0.3 is 5.97 Å². The lowest BCUT2D eigenvalue weighted by Crippen LogP contribution is -2.37. The Kier molecular flexibility index (Phi) is 5.03. The van der Waals surface area contributed by atoms with E-state index in [1.54, 1.807) is 7.11 Å². The number of ether oxygens (including phenoxy) is 2. The van der Waals surface area contributed by atoms with Crippen molar-refractivity contribution in [3.05, 3.63) is 23.8 Å². The molecule has 6 nitrogen and oxygen atoms in total. The Morgan fingerprint density at radius 1 is 1.30 bits per heavy atom. The van der Waals surface area contributed by atoms with Crippen LogP contribution >= 0.6 is 0 Å². The summed E-state index contributed by atoms with van der Waals surface area (Å²) in [5.74, 6) is 0.388. The lowest BCUT2D eigenvalue weighted by Gasteiger charge is -2.25. The van der Waals surface area contributed by atoms with E-state index in [0.29, 0.717) is 18.7 Å². The number of aliphatic carboxylic acids is 1. The molecule has 3 atom stereocenters. The van der Waals surface area contributed by atoms with Crippen LogP contribution in [-0.2, 0) is 4.79 Å². The highest BCUT2D eigenvalue weighted by molar-refractivity contribution is 5.70. The summed E-state index contributed by atoms with van der Waals surface area (Å²) in [4.78, 5) is 11.1. The smallest absolute Gasteiger partial charge is 0.307 e. The highest BCUT2D eigenvalue weighted by atomic mass is 16.5. The van der Waals surface area contributed by atoms with E-state index in [-0.39, 0.29) is 18.1 Å². The number of benzene rings is 1. The van der Waals surface area contributed by atoms with Crippen LogP contribution in [0.5, 0.6) is 11.5 Å². The molecule has 3 unspecified atom stereocenters. The molecule has 1 aromatic rings. The third-order valence-corrected chi connectivity index (χ3v) is 4.62. The molecule has 0 amide bonds. The fraction of sp³-hybridized carbons (Fsp3) is 0.588. The number of carboxylic acid groups (broad SMARTS) is 1. The van der Waals surface area contributed by atoms with Gasteiger partial charge in [0.25, 0.3) is 0 Å². The van der Waals surface area contributed by atoms with Crippen molar-refractivity contribution in [2.24, 2.45) is 5.92 Å². The first kappa shape index (κ1) is 16.1. The fourth-order valence-electron chi connectivity index (χ4n) is 3.28. The van der Waals surface area contributed by atoms with Crippen LogP contribution in [0, 0.1) is 5.92 Å². The van der Waals surface area contributed by atoms with Gasteiger partial charge in [-0.05, 0) is 43.5 Å². The average Bonchev–Trinajstić information content (AvgIpc) is 3.06. The van der Waals surface area contributed by atoms with Gasteiger partial charge in [-0.25, -0.2) is 0 Å². The second-order valence-electron chi connectivity index (χ2n) is 6.23. The Morgan fingerprint density at radius 3 is 2.83 bits per heavy atom. The minimum absolute atomic E-state index is 0.0498. The average molecular weight is 320 g/mol. The molecule has 0 spiro atoms. The van der Waals surface area contributed by atoms with Crippen LogP contribution in [0.25, 0.3) is 0 Å². The minimum Gasteiger partial charge on any atom is -0.493 e. The lowest BCUT2D eigenvalue weighted by atomic mass is 10.00. The van der Waals surface area contributed by atoms with Crippen LogP contribution in [0.2, 0.25) is 0 Å². The first-order valence-corrected chi connectivity index (χ1v) is 8.19. The maximum atomic E-state index is 11.1. The summed E-state index contributed by atoms with van der Waals surface area (Å²) in [5, 5.41) is 15.8. The molecule has 23 heavy (non-hydrogen) atoms. The summed E-state index contributed by atoms with van der Waals surface area (Å²) >= 11 is 0. The van der Waals surface area contributed by atoms with Gasteiger partial charge in [0.1, 0.15) is 6.10 Å². The van der Waals surface area contributed by atoms with Gasteiger partial charge in [0, 0.05) is 19.1 Å². The Hall–Kier alpha value is -1.79. The predicted octanol–water partition coefficient (Wildman–Crippen LogP) is 1.56. The number of methoxy groups -OCH3 is 1. The number of nitrogens with one attached hydrogen (secondary N) is 2. The van der Waals surface area contributed by atoms with E-state index in [1.807, 2.05) is 18.2 Å². The Balaban J connectivity index is 1.74. The second kappa shape index (κ2) is 7.19.